The molecule has 35 heavy (non-hydrogen) atoms. The van der Waals surface area contributed by atoms with Crippen molar-refractivity contribution in [3.63, 3.8) is 0 Å². The molecule has 1 heterocycles. The van der Waals surface area contributed by atoms with E-state index in [4.69, 9.17) is 15.0 Å². The van der Waals surface area contributed by atoms with Crippen LogP contribution < -0.4 is 5.32 Å². The van der Waals surface area contributed by atoms with Crippen LogP contribution in [0.15, 0.2) is 97.1 Å². The highest BCUT2D eigenvalue weighted by atomic mass is 16.5. The van der Waals surface area contributed by atoms with Gasteiger partial charge in [-0.05, 0) is 41.1 Å². The van der Waals surface area contributed by atoms with Crippen LogP contribution in [0.2, 0.25) is 0 Å². The van der Waals surface area contributed by atoms with Crippen molar-refractivity contribution in [2.45, 2.75) is 0 Å². The van der Waals surface area contributed by atoms with E-state index in [1.807, 2.05) is 66.7 Å². The third-order valence-corrected chi connectivity index (χ3v) is 5.61. The van der Waals surface area contributed by atoms with Gasteiger partial charge in [-0.1, -0.05) is 66.7 Å². The van der Waals surface area contributed by atoms with Crippen LogP contribution in [0.25, 0.3) is 32.9 Å². The van der Waals surface area contributed by atoms with Crippen molar-refractivity contribution >= 4 is 39.2 Å². The summed E-state index contributed by atoms with van der Waals surface area (Å²) < 4.78 is 5.36. The molecule has 5 rings (SSSR count). The van der Waals surface area contributed by atoms with Crippen molar-refractivity contribution in [2.75, 3.05) is 11.9 Å². The smallest absolute Gasteiger partial charge is 0.339 e. The molecule has 168 valence electrons. The number of ether oxygens (including phenoxy) is 1. The summed E-state index contributed by atoms with van der Waals surface area (Å²) in [5.41, 5.74) is 3.41. The maximum atomic E-state index is 13.1. The van der Waals surface area contributed by atoms with E-state index < -0.39 is 18.5 Å². The quantitative estimate of drug-likeness (QED) is 0.341. The third kappa shape index (κ3) is 4.56. The molecule has 6 heteroatoms. The zero-order valence-electron chi connectivity index (χ0n) is 18.6. The number of rotatable bonds is 5. The van der Waals surface area contributed by atoms with Crippen molar-refractivity contribution in [2.24, 2.45) is 0 Å². The Bertz CT molecular complexity index is 1630. The molecule has 1 aromatic heterocycles. The molecule has 0 fully saturated rings. The van der Waals surface area contributed by atoms with Gasteiger partial charge in [0.25, 0.3) is 5.91 Å². The molecule has 0 spiro atoms. The molecule has 6 nitrogen and oxygen atoms in total. The topological polar surface area (TPSA) is 92.1 Å². The normalized spacial score (nSPS) is 10.6. The van der Waals surface area contributed by atoms with Crippen molar-refractivity contribution in [3.05, 3.63) is 108 Å². The van der Waals surface area contributed by atoms with Gasteiger partial charge in [-0.2, -0.15) is 5.26 Å². The number of hydrogen-bond acceptors (Lipinski definition) is 5. The number of hydrogen-bond donors (Lipinski definition) is 1. The van der Waals surface area contributed by atoms with E-state index in [2.05, 4.69) is 5.32 Å². The van der Waals surface area contributed by atoms with Crippen LogP contribution in [-0.4, -0.2) is 23.5 Å². The number of para-hydroxylation sites is 1. The van der Waals surface area contributed by atoms with E-state index in [1.54, 1.807) is 36.4 Å². The number of anilines is 1. The lowest BCUT2D eigenvalue weighted by molar-refractivity contribution is -0.119. The lowest BCUT2D eigenvalue weighted by Crippen LogP contribution is -2.21. The Morgan fingerprint density at radius 2 is 1.60 bits per heavy atom. The SMILES string of the molecule is N#Cc1cccc(NC(=O)COC(=O)c2cc(-c3cccc4ccccc34)nc3ccccc23)c1. The number of nitrogens with zero attached hydrogens (tertiary/aromatic N) is 2. The molecule has 0 radical (unpaired) electrons. The molecule has 0 bridgehead atoms. The average molecular weight is 457 g/mol. The van der Waals surface area contributed by atoms with Crippen LogP contribution in [0.3, 0.4) is 0 Å². The Kier molecular flexibility index (Phi) is 5.89. The second kappa shape index (κ2) is 9.46. The van der Waals surface area contributed by atoms with E-state index >= 15 is 0 Å². The number of carbonyl (C=O) groups is 2. The highest BCUT2D eigenvalue weighted by Gasteiger charge is 2.17. The summed E-state index contributed by atoms with van der Waals surface area (Å²) in [5.74, 6) is -1.12. The number of pyridine rings is 1. The maximum absolute atomic E-state index is 13.1. The molecule has 0 aliphatic rings. The first-order valence-corrected chi connectivity index (χ1v) is 11.0. The summed E-state index contributed by atoms with van der Waals surface area (Å²) in [6.07, 6.45) is 0. The van der Waals surface area contributed by atoms with Crippen LogP contribution in [-0.2, 0) is 9.53 Å². The number of esters is 1. The van der Waals surface area contributed by atoms with Gasteiger partial charge in [-0.25, -0.2) is 9.78 Å². The Morgan fingerprint density at radius 1 is 0.857 bits per heavy atom. The lowest BCUT2D eigenvalue weighted by Gasteiger charge is -2.12. The number of benzene rings is 4. The van der Waals surface area contributed by atoms with Crippen LogP contribution in [0, 0.1) is 11.3 Å². The molecule has 1 N–H and O–H groups in total. The predicted molar refractivity (Wildman–Crippen MR) is 135 cm³/mol. The molecular weight excluding hydrogens is 438 g/mol. The van der Waals surface area contributed by atoms with E-state index in [1.165, 1.54) is 0 Å². The molecule has 1 amide bonds. The number of amides is 1. The summed E-state index contributed by atoms with van der Waals surface area (Å²) in [7, 11) is 0. The van der Waals surface area contributed by atoms with Crippen LogP contribution in [0.4, 0.5) is 5.69 Å². The highest BCUT2D eigenvalue weighted by molar-refractivity contribution is 6.07. The minimum Gasteiger partial charge on any atom is -0.452 e. The average Bonchev–Trinajstić information content (AvgIpc) is 2.91. The fourth-order valence-corrected chi connectivity index (χ4v) is 4.00. The van der Waals surface area contributed by atoms with Crippen LogP contribution in [0.5, 0.6) is 0 Å². The maximum Gasteiger partial charge on any atom is 0.339 e. The van der Waals surface area contributed by atoms with E-state index in [0.29, 0.717) is 33.4 Å². The fraction of sp³-hybridized carbons (Fsp3) is 0.0345. The van der Waals surface area contributed by atoms with Crippen molar-refractivity contribution in [1.29, 1.82) is 5.26 Å². The van der Waals surface area contributed by atoms with Gasteiger partial charge in [0.2, 0.25) is 0 Å². The summed E-state index contributed by atoms with van der Waals surface area (Å²) in [4.78, 5) is 30.2. The Balaban J connectivity index is 1.44. The number of nitriles is 1. The molecule has 4 aromatic carbocycles. The number of fused-ring (bicyclic) bond motifs is 2. The van der Waals surface area contributed by atoms with E-state index in [0.717, 1.165) is 16.3 Å². The molecule has 0 aliphatic heterocycles. The van der Waals surface area contributed by atoms with E-state index in [9.17, 15) is 9.59 Å². The number of aromatic nitrogens is 1. The Hall–Kier alpha value is -5.02. The first-order chi connectivity index (χ1) is 17.1. The number of carbonyl (C=O) groups excluding carboxylic acids is 2. The molecule has 0 saturated carbocycles. The summed E-state index contributed by atoms with van der Waals surface area (Å²) >= 11 is 0. The monoisotopic (exact) mass is 457 g/mol. The van der Waals surface area contributed by atoms with Crippen LogP contribution >= 0.6 is 0 Å². The first-order valence-electron chi connectivity index (χ1n) is 11.0. The Labute approximate surface area is 201 Å². The molecule has 5 aromatic rings. The Morgan fingerprint density at radius 3 is 2.46 bits per heavy atom. The second-order valence-electron chi connectivity index (χ2n) is 7.92. The van der Waals surface area contributed by atoms with Gasteiger partial charge in [0.15, 0.2) is 6.61 Å². The summed E-state index contributed by atoms with van der Waals surface area (Å²) in [5, 5.41) is 14.4. The van der Waals surface area contributed by atoms with Gasteiger partial charge < -0.3 is 10.1 Å². The largest absolute Gasteiger partial charge is 0.452 e. The van der Waals surface area contributed by atoms with Gasteiger partial charge in [0.05, 0.1) is 28.4 Å². The highest BCUT2D eigenvalue weighted by Crippen LogP contribution is 2.30. The van der Waals surface area contributed by atoms with Gasteiger partial charge in [0, 0.05) is 16.6 Å². The molecular formula is C29H19N3O3. The zero-order valence-corrected chi connectivity index (χ0v) is 18.6. The van der Waals surface area contributed by atoms with E-state index in [-0.39, 0.29) is 0 Å². The molecule has 0 saturated heterocycles. The third-order valence-electron chi connectivity index (χ3n) is 5.61. The predicted octanol–water partition coefficient (Wildman–Crippen LogP) is 5.72. The molecule has 0 atom stereocenters. The van der Waals surface area contributed by atoms with Gasteiger partial charge in [-0.3, -0.25) is 4.79 Å². The lowest BCUT2D eigenvalue weighted by atomic mass is 9.99. The minimum absolute atomic E-state index is 0.331. The minimum atomic E-state index is -0.619. The van der Waals surface area contributed by atoms with Gasteiger partial charge >= 0.3 is 5.97 Å². The van der Waals surface area contributed by atoms with Gasteiger partial charge in [0.1, 0.15) is 0 Å². The fourth-order valence-electron chi connectivity index (χ4n) is 4.00. The summed E-state index contributed by atoms with van der Waals surface area (Å²) in [6, 6.07) is 31.5. The molecule has 0 unspecified atom stereocenters. The summed E-state index contributed by atoms with van der Waals surface area (Å²) in [6.45, 7) is -0.462. The van der Waals surface area contributed by atoms with Crippen molar-refractivity contribution < 1.29 is 14.3 Å². The zero-order chi connectivity index (χ0) is 24.2. The standard InChI is InChI=1S/C29H19N3O3/c30-17-19-7-5-10-21(15-19)31-28(33)18-35-29(34)25-16-27(32-26-14-4-3-12-24(25)26)23-13-6-9-20-8-1-2-11-22(20)23/h1-16H,18H2,(H,31,33). The van der Waals surface area contributed by atoms with Crippen molar-refractivity contribution in [3.8, 4) is 17.3 Å². The van der Waals surface area contributed by atoms with Crippen LogP contribution in [0.1, 0.15) is 15.9 Å². The van der Waals surface area contributed by atoms with Gasteiger partial charge in [-0.15, -0.1) is 0 Å². The molecule has 0 aliphatic carbocycles. The number of nitrogens with one attached hydrogen (secondary N) is 1. The van der Waals surface area contributed by atoms with Crippen molar-refractivity contribution in [1.82, 2.24) is 4.98 Å². The first kappa shape index (κ1) is 21.8. The second-order valence-corrected chi connectivity index (χ2v) is 7.92.